The minimum absolute atomic E-state index is 0.395. The third kappa shape index (κ3) is 1.48. The molecule has 5 nitrogen and oxygen atoms in total. The molecule has 1 aromatic heterocycles. The van der Waals surface area contributed by atoms with Crippen molar-refractivity contribution in [1.82, 2.24) is 20.2 Å². The molecule has 0 radical (unpaired) electrons. The number of hydrogen-bond acceptors (Lipinski definition) is 4. The molecule has 2 rings (SSSR count). The summed E-state index contributed by atoms with van der Waals surface area (Å²) in [5.74, 6) is 1.47. The van der Waals surface area contributed by atoms with Gasteiger partial charge in [0.05, 0.1) is 0 Å². The number of halogens is 1. The maximum Gasteiger partial charge on any atom is 0.245 e. The van der Waals surface area contributed by atoms with Crippen molar-refractivity contribution < 1.29 is 0 Å². The highest BCUT2D eigenvalue weighted by molar-refractivity contribution is 6.18. The fraction of sp³-hybridized carbons (Fsp3) is 0.857. The third-order valence-corrected chi connectivity index (χ3v) is 2.77. The standard InChI is InChI=1S/C7H12ClN5/c1-12-7(9-10-11-12)13-4-2-3-6(13)5-8/h6H,2-5H2,1H3. The first-order chi connectivity index (χ1) is 6.33. The zero-order chi connectivity index (χ0) is 9.26. The predicted molar refractivity (Wildman–Crippen MR) is 49.9 cm³/mol. The number of aromatic nitrogens is 4. The van der Waals surface area contributed by atoms with Crippen molar-refractivity contribution in [2.24, 2.45) is 7.05 Å². The summed E-state index contributed by atoms with van der Waals surface area (Å²) >= 11 is 5.85. The number of anilines is 1. The first-order valence-electron chi connectivity index (χ1n) is 4.38. The van der Waals surface area contributed by atoms with Crippen molar-refractivity contribution in [2.75, 3.05) is 17.3 Å². The average Bonchev–Trinajstić information content (AvgIpc) is 2.71. The van der Waals surface area contributed by atoms with Crippen LogP contribution in [0.2, 0.25) is 0 Å². The molecule has 1 saturated heterocycles. The molecular weight excluding hydrogens is 190 g/mol. The number of tetrazole rings is 1. The fourth-order valence-corrected chi connectivity index (χ4v) is 2.05. The lowest BCUT2D eigenvalue weighted by atomic mass is 10.2. The van der Waals surface area contributed by atoms with Crippen LogP contribution in [0.4, 0.5) is 5.95 Å². The summed E-state index contributed by atoms with van der Waals surface area (Å²) in [7, 11) is 1.85. The predicted octanol–water partition coefficient (Wildman–Crippen LogP) is 0.418. The van der Waals surface area contributed by atoms with E-state index in [1.165, 1.54) is 6.42 Å². The van der Waals surface area contributed by atoms with E-state index in [9.17, 15) is 0 Å². The summed E-state index contributed by atoms with van der Waals surface area (Å²) in [6.45, 7) is 1.01. The molecule has 0 aliphatic carbocycles. The van der Waals surface area contributed by atoms with Gasteiger partial charge >= 0.3 is 0 Å². The molecule has 1 unspecified atom stereocenters. The third-order valence-electron chi connectivity index (χ3n) is 2.41. The number of rotatable bonds is 2. The zero-order valence-corrected chi connectivity index (χ0v) is 8.28. The molecule has 2 heterocycles. The van der Waals surface area contributed by atoms with Crippen molar-refractivity contribution in [2.45, 2.75) is 18.9 Å². The van der Waals surface area contributed by atoms with Crippen LogP contribution >= 0.6 is 11.6 Å². The van der Waals surface area contributed by atoms with Gasteiger partial charge in [0.2, 0.25) is 5.95 Å². The summed E-state index contributed by atoms with van der Waals surface area (Å²) in [4.78, 5) is 2.17. The van der Waals surface area contributed by atoms with Gasteiger partial charge in [-0.05, 0) is 23.3 Å². The summed E-state index contributed by atoms with van der Waals surface area (Å²) in [5, 5.41) is 11.4. The molecule has 1 fully saturated rings. The summed E-state index contributed by atoms with van der Waals surface area (Å²) in [6, 6.07) is 0.395. The Hall–Kier alpha value is -0.840. The Morgan fingerprint density at radius 1 is 1.62 bits per heavy atom. The SMILES string of the molecule is Cn1nnnc1N1CCCC1CCl. The van der Waals surface area contributed by atoms with Crippen LogP contribution in [0.25, 0.3) is 0 Å². The second-order valence-electron chi connectivity index (χ2n) is 3.25. The van der Waals surface area contributed by atoms with Crippen molar-refractivity contribution in [3.05, 3.63) is 0 Å². The quantitative estimate of drug-likeness (QED) is 0.651. The maximum absolute atomic E-state index is 5.85. The molecule has 0 aromatic carbocycles. The highest BCUT2D eigenvalue weighted by atomic mass is 35.5. The summed E-state index contributed by atoms with van der Waals surface area (Å²) < 4.78 is 1.69. The largest absolute Gasteiger partial charge is 0.336 e. The summed E-state index contributed by atoms with van der Waals surface area (Å²) in [6.07, 6.45) is 2.31. The van der Waals surface area contributed by atoms with E-state index >= 15 is 0 Å². The molecule has 0 saturated carbocycles. The number of alkyl halides is 1. The van der Waals surface area contributed by atoms with Gasteiger partial charge in [0.25, 0.3) is 0 Å². The first-order valence-corrected chi connectivity index (χ1v) is 4.91. The molecular formula is C7H12ClN5. The van der Waals surface area contributed by atoms with Crippen LogP contribution in [0.15, 0.2) is 0 Å². The molecule has 1 aromatic rings. The number of nitrogens with zero attached hydrogens (tertiary/aromatic N) is 5. The maximum atomic E-state index is 5.85. The van der Waals surface area contributed by atoms with Gasteiger partial charge in [0.1, 0.15) is 0 Å². The average molecular weight is 202 g/mol. The molecule has 72 valence electrons. The van der Waals surface area contributed by atoms with Crippen LogP contribution in [0, 0.1) is 0 Å². The van der Waals surface area contributed by atoms with Crippen molar-refractivity contribution >= 4 is 17.5 Å². The van der Waals surface area contributed by atoms with E-state index in [1.54, 1.807) is 4.68 Å². The van der Waals surface area contributed by atoms with Gasteiger partial charge in [-0.1, -0.05) is 5.10 Å². The number of hydrogen-bond donors (Lipinski definition) is 0. The van der Waals surface area contributed by atoms with Crippen LogP contribution in [-0.4, -0.2) is 38.7 Å². The molecule has 1 aliphatic rings. The lowest BCUT2D eigenvalue weighted by Gasteiger charge is -2.21. The fourth-order valence-electron chi connectivity index (χ4n) is 1.73. The van der Waals surface area contributed by atoms with E-state index in [0.717, 1.165) is 18.9 Å². The molecule has 1 atom stereocenters. The molecule has 6 heteroatoms. The van der Waals surface area contributed by atoms with Crippen LogP contribution in [0.1, 0.15) is 12.8 Å². The molecule has 13 heavy (non-hydrogen) atoms. The monoisotopic (exact) mass is 201 g/mol. The van der Waals surface area contributed by atoms with E-state index in [-0.39, 0.29) is 0 Å². The lowest BCUT2D eigenvalue weighted by molar-refractivity contribution is 0.667. The topological polar surface area (TPSA) is 46.8 Å². The summed E-state index contributed by atoms with van der Waals surface area (Å²) in [5.41, 5.74) is 0. The Bertz CT molecular complexity index is 286. The molecule has 0 bridgehead atoms. The van der Waals surface area contributed by atoms with Gasteiger partial charge < -0.3 is 4.90 Å². The van der Waals surface area contributed by atoms with Gasteiger partial charge in [-0.3, -0.25) is 0 Å². The van der Waals surface area contributed by atoms with Crippen LogP contribution < -0.4 is 4.90 Å². The molecule has 1 aliphatic heterocycles. The Labute approximate surface area is 81.7 Å². The van der Waals surface area contributed by atoms with Gasteiger partial charge in [0, 0.05) is 25.5 Å². The Morgan fingerprint density at radius 2 is 2.46 bits per heavy atom. The second-order valence-corrected chi connectivity index (χ2v) is 3.55. The molecule has 0 spiro atoms. The normalized spacial score (nSPS) is 22.6. The van der Waals surface area contributed by atoms with E-state index < -0.39 is 0 Å². The number of aryl methyl sites for hydroxylation is 1. The molecule has 0 amide bonds. The highest BCUT2D eigenvalue weighted by Crippen LogP contribution is 2.22. The smallest absolute Gasteiger partial charge is 0.245 e. The van der Waals surface area contributed by atoms with Gasteiger partial charge in [-0.2, -0.15) is 0 Å². The van der Waals surface area contributed by atoms with Crippen molar-refractivity contribution in [1.29, 1.82) is 0 Å². The van der Waals surface area contributed by atoms with Crippen molar-refractivity contribution in [3.63, 3.8) is 0 Å². The zero-order valence-electron chi connectivity index (χ0n) is 7.52. The Morgan fingerprint density at radius 3 is 3.08 bits per heavy atom. The molecule has 0 N–H and O–H groups in total. The van der Waals surface area contributed by atoms with Gasteiger partial charge in [-0.15, -0.1) is 11.6 Å². The van der Waals surface area contributed by atoms with E-state index in [0.29, 0.717) is 11.9 Å². The van der Waals surface area contributed by atoms with E-state index in [1.807, 2.05) is 7.05 Å². The lowest BCUT2D eigenvalue weighted by Crippen LogP contribution is -2.32. The van der Waals surface area contributed by atoms with Crippen LogP contribution in [-0.2, 0) is 7.05 Å². The van der Waals surface area contributed by atoms with Crippen LogP contribution in [0.3, 0.4) is 0 Å². The first kappa shape index (κ1) is 8.74. The van der Waals surface area contributed by atoms with Gasteiger partial charge in [0.15, 0.2) is 0 Å². The van der Waals surface area contributed by atoms with E-state index in [2.05, 4.69) is 20.4 Å². The van der Waals surface area contributed by atoms with Gasteiger partial charge in [-0.25, -0.2) is 4.68 Å². The van der Waals surface area contributed by atoms with Crippen LogP contribution in [0.5, 0.6) is 0 Å². The van der Waals surface area contributed by atoms with E-state index in [4.69, 9.17) is 11.6 Å². The minimum Gasteiger partial charge on any atom is -0.336 e. The Balaban J connectivity index is 2.20. The second kappa shape index (κ2) is 3.49. The van der Waals surface area contributed by atoms with Crippen molar-refractivity contribution in [3.8, 4) is 0 Å². The Kier molecular flexibility index (Phi) is 2.35. The minimum atomic E-state index is 0.395. The highest BCUT2D eigenvalue weighted by Gasteiger charge is 2.27.